The van der Waals surface area contributed by atoms with Gasteiger partial charge >= 0.3 is 6.61 Å². The summed E-state index contributed by atoms with van der Waals surface area (Å²) >= 11 is 4.18. The van der Waals surface area contributed by atoms with Crippen LogP contribution in [0, 0.1) is 6.92 Å². The number of aryl methyl sites for hydroxylation is 1. The van der Waals surface area contributed by atoms with Crippen molar-refractivity contribution < 1.29 is 21.9 Å². The van der Waals surface area contributed by atoms with Crippen LogP contribution in [0.25, 0.3) is 0 Å². The Bertz CT molecular complexity index is 747. The Morgan fingerprint density at radius 1 is 1.29 bits per heavy atom. The summed E-state index contributed by atoms with van der Waals surface area (Å²) in [5.41, 5.74) is 0.637. The van der Waals surface area contributed by atoms with E-state index in [1.807, 2.05) is 0 Å². The van der Waals surface area contributed by atoms with Crippen LogP contribution in [0.2, 0.25) is 0 Å². The fourth-order valence-electron chi connectivity index (χ4n) is 1.54. The molecule has 9 heteroatoms. The summed E-state index contributed by atoms with van der Waals surface area (Å²) < 4.78 is 56.4. The van der Waals surface area contributed by atoms with Crippen molar-refractivity contribution in [2.24, 2.45) is 0 Å². The number of alkyl halides is 2. The number of rotatable bonds is 5. The number of halogens is 3. The molecule has 0 aliphatic carbocycles. The molecule has 0 fully saturated rings. The summed E-state index contributed by atoms with van der Waals surface area (Å²) in [6.45, 7) is -1.35. The minimum atomic E-state index is -3.85. The van der Waals surface area contributed by atoms with Gasteiger partial charge in [-0.3, -0.25) is 4.72 Å². The summed E-state index contributed by atoms with van der Waals surface area (Å²) in [7, 11) is -3.85. The molecule has 0 amide bonds. The molecule has 21 heavy (non-hydrogen) atoms. The first-order valence-corrected chi connectivity index (χ1v) is 8.71. The van der Waals surface area contributed by atoms with Gasteiger partial charge in [-0.25, -0.2) is 8.42 Å². The molecule has 114 valence electrons. The highest BCUT2D eigenvalue weighted by Gasteiger charge is 2.20. The van der Waals surface area contributed by atoms with Gasteiger partial charge in [-0.2, -0.15) is 8.78 Å². The topological polar surface area (TPSA) is 55.4 Å². The number of nitrogens with one attached hydrogen (secondary N) is 1. The summed E-state index contributed by atoms with van der Waals surface area (Å²) in [6, 6.07) is 7.33. The van der Waals surface area contributed by atoms with E-state index in [-0.39, 0.29) is 15.6 Å². The van der Waals surface area contributed by atoms with Gasteiger partial charge < -0.3 is 4.74 Å². The van der Waals surface area contributed by atoms with Crippen molar-refractivity contribution in [3.05, 3.63) is 39.7 Å². The molecular formula is C12H10BrF2NO3S2. The first-order chi connectivity index (χ1) is 9.78. The Hall–Kier alpha value is -1.19. The maximum atomic E-state index is 12.4. The largest absolute Gasteiger partial charge is 0.433 e. The van der Waals surface area contributed by atoms with Crippen LogP contribution < -0.4 is 9.46 Å². The van der Waals surface area contributed by atoms with Gasteiger partial charge in [-0.05, 0) is 52.7 Å². The van der Waals surface area contributed by atoms with E-state index in [0.29, 0.717) is 9.35 Å². The van der Waals surface area contributed by atoms with Crippen molar-refractivity contribution in [2.75, 3.05) is 4.72 Å². The van der Waals surface area contributed by atoms with Gasteiger partial charge in [0.05, 0.1) is 9.47 Å². The Labute approximate surface area is 132 Å². The zero-order chi connectivity index (χ0) is 15.6. The molecule has 0 aliphatic rings. The molecule has 1 N–H and O–H groups in total. The molecular weight excluding hydrogens is 388 g/mol. The molecule has 0 unspecified atom stereocenters. The van der Waals surface area contributed by atoms with Crippen LogP contribution in [0.15, 0.2) is 38.3 Å². The third kappa shape index (κ3) is 4.14. The van der Waals surface area contributed by atoms with Crippen molar-refractivity contribution in [2.45, 2.75) is 17.7 Å². The van der Waals surface area contributed by atoms with Crippen LogP contribution in [0.5, 0.6) is 5.75 Å². The van der Waals surface area contributed by atoms with Crippen LogP contribution >= 0.6 is 27.3 Å². The van der Waals surface area contributed by atoms with Gasteiger partial charge in [0.25, 0.3) is 10.0 Å². The molecule has 0 spiro atoms. The Morgan fingerprint density at radius 2 is 2.00 bits per heavy atom. The molecule has 4 nitrogen and oxygen atoms in total. The fraction of sp³-hybridized carbons (Fsp3) is 0.167. The molecule has 0 saturated heterocycles. The second kappa shape index (κ2) is 6.29. The molecule has 1 aromatic carbocycles. The predicted octanol–water partition coefficient (Wildman–Crippen LogP) is 4.22. The zero-order valence-corrected chi connectivity index (χ0v) is 13.9. The molecule has 2 aromatic rings. The summed E-state index contributed by atoms with van der Waals surface area (Å²) in [4.78, 5) is 0. The number of thiophene rings is 1. The molecule has 2 rings (SSSR count). The normalized spacial score (nSPS) is 11.7. The highest BCUT2D eigenvalue weighted by molar-refractivity contribution is 9.11. The first-order valence-electron chi connectivity index (χ1n) is 5.61. The number of hydrogen-bond donors (Lipinski definition) is 1. The molecule has 0 atom stereocenters. The minimum absolute atomic E-state index is 0.0366. The summed E-state index contributed by atoms with van der Waals surface area (Å²) in [5, 5.41) is 0. The third-order valence-corrected chi connectivity index (χ3v) is 5.89. The standard InChI is InChI=1S/C12H10BrF2NO3S2/c1-7-2-3-8(9(6-7)19-12(14)15)16-21(17,18)11-5-4-10(13)20-11/h2-6,12,16H,1H3. The van der Waals surface area contributed by atoms with Crippen molar-refractivity contribution in [3.63, 3.8) is 0 Å². The van der Waals surface area contributed by atoms with Gasteiger partial charge in [0, 0.05) is 0 Å². The van der Waals surface area contributed by atoms with Crippen LogP contribution in [0.4, 0.5) is 14.5 Å². The van der Waals surface area contributed by atoms with Crippen LogP contribution in [-0.4, -0.2) is 15.0 Å². The SMILES string of the molecule is Cc1ccc(NS(=O)(=O)c2ccc(Br)s2)c(OC(F)F)c1. The zero-order valence-electron chi connectivity index (χ0n) is 10.6. The van der Waals surface area contributed by atoms with Crippen molar-refractivity contribution >= 4 is 43.0 Å². The minimum Gasteiger partial charge on any atom is -0.433 e. The average molecular weight is 398 g/mol. The lowest BCUT2D eigenvalue weighted by atomic mass is 10.2. The van der Waals surface area contributed by atoms with E-state index in [1.54, 1.807) is 19.1 Å². The third-order valence-electron chi connectivity index (χ3n) is 2.41. The second-order valence-corrected chi connectivity index (χ2v) is 8.41. The predicted molar refractivity (Wildman–Crippen MR) is 80.6 cm³/mol. The van der Waals surface area contributed by atoms with Gasteiger partial charge in [0.1, 0.15) is 9.96 Å². The van der Waals surface area contributed by atoms with E-state index >= 15 is 0 Å². The Balaban J connectivity index is 2.34. The molecule has 0 radical (unpaired) electrons. The lowest BCUT2D eigenvalue weighted by Gasteiger charge is -2.13. The van der Waals surface area contributed by atoms with Crippen LogP contribution in [-0.2, 0) is 10.0 Å². The number of anilines is 1. The highest BCUT2D eigenvalue weighted by atomic mass is 79.9. The Morgan fingerprint density at radius 3 is 2.57 bits per heavy atom. The van der Waals surface area contributed by atoms with Crippen LogP contribution in [0.1, 0.15) is 5.56 Å². The maximum absolute atomic E-state index is 12.4. The molecule has 0 saturated carbocycles. The molecule has 1 aromatic heterocycles. The van der Waals surface area contributed by atoms with Gasteiger partial charge in [0.2, 0.25) is 0 Å². The fourth-order valence-corrected chi connectivity index (χ4v) is 4.62. The van der Waals surface area contributed by atoms with Crippen molar-refractivity contribution in [1.29, 1.82) is 0 Å². The first kappa shape index (κ1) is 16.2. The van der Waals surface area contributed by atoms with E-state index < -0.39 is 16.6 Å². The second-order valence-electron chi connectivity index (χ2n) is 4.04. The van der Waals surface area contributed by atoms with E-state index in [9.17, 15) is 17.2 Å². The van der Waals surface area contributed by atoms with Gasteiger partial charge in [0.15, 0.2) is 0 Å². The summed E-state index contributed by atoms with van der Waals surface area (Å²) in [5.74, 6) is -0.218. The van der Waals surface area contributed by atoms with Crippen molar-refractivity contribution in [3.8, 4) is 5.75 Å². The lowest BCUT2D eigenvalue weighted by molar-refractivity contribution is -0.0493. The van der Waals surface area contributed by atoms with E-state index in [4.69, 9.17) is 0 Å². The smallest absolute Gasteiger partial charge is 0.387 e. The number of sulfonamides is 1. The lowest BCUT2D eigenvalue weighted by Crippen LogP contribution is -2.13. The average Bonchev–Trinajstić information content (AvgIpc) is 2.79. The van der Waals surface area contributed by atoms with Crippen LogP contribution in [0.3, 0.4) is 0 Å². The quantitative estimate of drug-likeness (QED) is 0.821. The molecule has 0 bridgehead atoms. The maximum Gasteiger partial charge on any atom is 0.387 e. The Kier molecular flexibility index (Phi) is 4.84. The highest BCUT2D eigenvalue weighted by Crippen LogP contribution is 2.32. The number of ether oxygens (including phenoxy) is 1. The molecule has 0 aliphatic heterocycles. The van der Waals surface area contributed by atoms with Gasteiger partial charge in [-0.15, -0.1) is 11.3 Å². The van der Waals surface area contributed by atoms with Gasteiger partial charge in [-0.1, -0.05) is 6.07 Å². The molecule has 1 heterocycles. The van der Waals surface area contributed by atoms with E-state index in [0.717, 1.165) is 11.3 Å². The number of hydrogen-bond acceptors (Lipinski definition) is 4. The van der Waals surface area contributed by atoms with E-state index in [2.05, 4.69) is 25.4 Å². The van der Waals surface area contributed by atoms with E-state index in [1.165, 1.54) is 18.2 Å². The van der Waals surface area contributed by atoms with Crippen molar-refractivity contribution in [1.82, 2.24) is 0 Å². The monoisotopic (exact) mass is 397 g/mol. The summed E-state index contributed by atoms with van der Waals surface area (Å²) in [6.07, 6.45) is 0. The number of benzene rings is 1.